The van der Waals surface area contributed by atoms with E-state index in [4.69, 9.17) is 18.9 Å². The Kier molecular flexibility index (Phi) is 6.59. The van der Waals surface area contributed by atoms with E-state index in [0.29, 0.717) is 30.5 Å². The zero-order chi connectivity index (χ0) is 20.8. The van der Waals surface area contributed by atoms with E-state index < -0.39 is 5.97 Å². The lowest BCUT2D eigenvalue weighted by molar-refractivity contribution is -0.125. The number of hydrogen-bond acceptors (Lipinski definition) is 6. The predicted octanol–water partition coefficient (Wildman–Crippen LogP) is 3.14. The number of methoxy groups -OCH3 is 1. The van der Waals surface area contributed by atoms with E-state index in [2.05, 4.69) is 5.32 Å². The zero-order valence-corrected chi connectivity index (χ0v) is 16.8. The Morgan fingerprint density at radius 2 is 1.79 bits per heavy atom. The summed E-state index contributed by atoms with van der Waals surface area (Å²) in [6.45, 7) is 4.64. The Morgan fingerprint density at radius 3 is 2.52 bits per heavy atom. The minimum Gasteiger partial charge on any atom is -0.496 e. The molecule has 1 heterocycles. The average Bonchev–Trinajstić information content (AvgIpc) is 2.75. The number of ether oxygens (including phenoxy) is 4. The van der Waals surface area contributed by atoms with Crippen LogP contribution in [-0.2, 0) is 9.53 Å². The summed E-state index contributed by atoms with van der Waals surface area (Å²) in [7, 11) is 1.47. The number of benzene rings is 2. The van der Waals surface area contributed by atoms with Crippen LogP contribution in [0.15, 0.2) is 42.5 Å². The largest absolute Gasteiger partial charge is 0.496 e. The van der Waals surface area contributed by atoms with Crippen molar-refractivity contribution in [2.45, 2.75) is 19.9 Å². The number of rotatable bonds is 7. The highest BCUT2D eigenvalue weighted by atomic mass is 16.6. The third-order valence-corrected chi connectivity index (χ3v) is 4.57. The maximum absolute atomic E-state index is 12.4. The van der Waals surface area contributed by atoms with Crippen LogP contribution >= 0.6 is 0 Å². The highest BCUT2D eigenvalue weighted by molar-refractivity contribution is 5.94. The lowest BCUT2D eigenvalue weighted by Gasteiger charge is -2.25. The van der Waals surface area contributed by atoms with Crippen LogP contribution in [0.1, 0.15) is 35.8 Å². The Morgan fingerprint density at radius 1 is 1.07 bits per heavy atom. The molecule has 0 radical (unpaired) electrons. The summed E-state index contributed by atoms with van der Waals surface area (Å²) in [5.74, 6) is 0.872. The van der Waals surface area contributed by atoms with Gasteiger partial charge in [0.1, 0.15) is 24.5 Å². The minimum atomic E-state index is -0.613. The van der Waals surface area contributed by atoms with Crippen LogP contribution in [0.2, 0.25) is 0 Å². The van der Waals surface area contributed by atoms with Gasteiger partial charge in [0.25, 0.3) is 5.91 Å². The van der Waals surface area contributed by atoms with Gasteiger partial charge in [-0.05, 0) is 35.7 Å². The molecule has 1 aliphatic rings. The molecule has 1 N–H and O–H groups in total. The number of fused-ring (bicyclic) bond motifs is 1. The van der Waals surface area contributed by atoms with Crippen molar-refractivity contribution in [3.8, 4) is 17.2 Å². The number of hydrogen-bond donors (Lipinski definition) is 1. The molecule has 29 heavy (non-hydrogen) atoms. The summed E-state index contributed by atoms with van der Waals surface area (Å²) >= 11 is 0. The topological polar surface area (TPSA) is 83.1 Å². The molecule has 0 fully saturated rings. The summed E-state index contributed by atoms with van der Waals surface area (Å²) in [6.07, 6.45) is 0. The van der Waals surface area contributed by atoms with Crippen LogP contribution in [0, 0.1) is 5.92 Å². The smallest absolute Gasteiger partial charge is 0.342 e. The number of carbonyl (C=O) groups is 2. The van der Waals surface area contributed by atoms with E-state index in [9.17, 15) is 9.59 Å². The second kappa shape index (κ2) is 9.32. The van der Waals surface area contributed by atoms with Crippen LogP contribution in [0.3, 0.4) is 0 Å². The summed E-state index contributed by atoms with van der Waals surface area (Å²) < 4.78 is 21.5. The lowest BCUT2D eigenvalue weighted by Crippen LogP contribution is -2.35. The molecular formula is C22H25NO6. The van der Waals surface area contributed by atoms with Crippen molar-refractivity contribution in [3.63, 3.8) is 0 Å². The molecule has 1 aliphatic heterocycles. The van der Waals surface area contributed by atoms with Gasteiger partial charge in [-0.25, -0.2) is 4.79 Å². The highest BCUT2D eigenvalue weighted by Gasteiger charge is 2.22. The van der Waals surface area contributed by atoms with Gasteiger partial charge < -0.3 is 24.3 Å². The van der Waals surface area contributed by atoms with Crippen LogP contribution in [-0.4, -0.2) is 38.8 Å². The number of esters is 1. The Balaban J connectivity index is 1.63. The van der Waals surface area contributed by atoms with Gasteiger partial charge in [-0.3, -0.25) is 4.79 Å². The molecule has 1 amide bonds. The number of para-hydroxylation sites is 1. The van der Waals surface area contributed by atoms with Gasteiger partial charge >= 0.3 is 5.97 Å². The Hall–Kier alpha value is -3.22. The van der Waals surface area contributed by atoms with Crippen molar-refractivity contribution >= 4 is 11.9 Å². The lowest BCUT2D eigenvalue weighted by atomic mass is 9.95. The van der Waals surface area contributed by atoms with E-state index >= 15 is 0 Å². The molecular weight excluding hydrogens is 374 g/mol. The summed E-state index contributed by atoms with van der Waals surface area (Å²) in [6, 6.07) is 12.1. The Labute approximate surface area is 169 Å². The van der Waals surface area contributed by atoms with Gasteiger partial charge in [-0.2, -0.15) is 0 Å². The first-order valence-electron chi connectivity index (χ1n) is 9.48. The van der Waals surface area contributed by atoms with E-state index in [1.54, 1.807) is 24.3 Å². The van der Waals surface area contributed by atoms with Gasteiger partial charge in [0.2, 0.25) is 0 Å². The van der Waals surface area contributed by atoms with Crippen LogP contribution in [0.4, 0.5) is 0 Å². The van der Waals surface area contributed by atoms with Gasteiger partial charge in [0.15, 0.2) is 18.1 Å². The molecule has 0 spiro atoms. The van der Waals surface area contributed by atoms with Gasteiger partial charge in [-0.1, -0.05) is 32.0 Å². The van der Waals surface area contributed by atoms with Crippen molar-refractivity contribution in [1.82, 2.24) is 5.32 Å². The third kappa shape index (κ3) is 4.99. The van der Waals surface area contributed by atoms with Crippen molar-refractivity contribution in [2.75, 3.05) is 26.9 Å². The second-order valence-electron chi connectivity index (χ2n) is 6.97. The monoisotopic (exact) mass is 399 g/mol. The van der Waals surface area contributed by atoms with Gasteiger partial charge in [0, 0.05) is 0 Å². The molecule has 2 aromatic carbocycles. The predicted molar refractivity (Wildman–Crippen MR) is 106 cm³/mol. The van der Waals surface area contributed by atoms with E-state index in [1.165, 1.54) is 7.11 Å². The summed E-state index contributed by atoms with van der Waals surface area (Å²) in [5, 5.41) is 2.93. The van der Waals surface area contributed by atoms with Crippen molar-refractivity contribution in [2.24, 2.45) is 5.92 Å². The zero-order valence-electron chi connectivity index (χ0n) is 16.8. The van der Waals surface area contributed by atoms with Crippen LogP contribution < -0.4 is 19.5 Å². The molecule has 0 aromatic heterocycles. The second-order valence-corrected chi connectivity index (χ2v) is 6.97. The van der Waals surface area contributed by atoms with Gasteiger partial charge in [0.05, 0.1) is 13.2 Å². The fraction of sp³-hybridized carbons (Fsp3) is 0.364. The van der Waals surface area contributed by atoms with Crippen molar-refractivity contribution < 1.29 is 28.5 Å². The van der Waals surface area contributed by atoms with Crippen molar-refractivity contribution in [1.29, 1.82) is 0 Å². The molecule has 3 rings (SSSR count). The molecule has 7 heteroatoms. The highest BCUT2D eigenvalue weighted by Crippen LogP contribution is 2.34. The quantitative estimate of drug-likeness (QED) is 0.721. The minimum absolute atomic E-state index is 0.117. The first-order valence-corrected chi connectivity index (χ1v) is 9.48. The maximum atomic E-state index is 12.4. The summed E-state index contributed by atoms with van der Waals surface area (Å²) in [5.41, 5.74) is 1.17. The number of amides is 1. The molecule has 0 bridgehead atoms. The fourth-order valence-electron chi connectivity index (χ4n) is 3.13. The fourth-order valence-corrected chi connectivity index (χ4v) is 3.13. The van der Waals surface area contributed by atoms with Crippen molar-refractivity contribution in [3.05, 3.63) is 53.6 Å². The van der Waals surface area contributed by atoms with E-state index in [-0.39, 0.29) is 30.0 Å². The first kappa shape index (κ1) is 20.5. The SMILES string of the molecule is COc1ccccc1C(=O)OCC(=O)N[C@H](c1ccc2c(c1)OCCO2)C(C)C. The molecule has 2 aromatic rings. The molecule has 154 valence electrons. The van der Waals surface area contributed by atoms with Gasteiger partial charge in [-0.15, -0.1) is 0 Å². The number of carbonyl (C=O) groups excluding carboxylic acids is 2. The normalized spacial score (nSPS) is 13.5. The first-order chi connectivity index (χ1) is 14.0. The van der Waals surface area contributed by atoms with E-state index in [1.807, 2.05) is 32.0 Å². The molecule has 0 aliphatic carbocycles. The third-order valence-electron chi connectivity index (χ3n) is 4.57. The molecule has 7 nitrogen and oxygen atoms in total. The average molecular weight is 399 g/mol. The molecule has 1 atom stereocenters. The summed E-state index contributed by atoms with van der Waals surface area (Å²) in [4.78, 5) is 24.7. The number of nitrogens with one attached hydrogen (secondary N) is 1. The Bertz CT molecular complexity index is 879. The van der Waals surface area contributed by atoms with E-state index in [0.717, 1.165) is 5.56 Å². The van der Waals surface area contributed by atoms with Crippen LogP contribution in [0.5, 0.6) is 17.2 Å². The molecule has 0 saturated carbocycles. The molecule has 0 unspecified atom stereocenters. The van der Waals surface area contributed by atoms with Crippen LogP contribution in [0.25, 0.3) is 0 Å². The standard InChI is InChI=1S/C22H25NO6/c1-14(2)21(15-8-9-18-19(12-15)28-11-10-27-18)23-20(24)13-29-22(25)16-6-4-5-7-17(16)26-3/h4-9,12,14,21H,10-11,13H2,1-3H3,(H,23,24)/t21-/m0/s1. The molecule has 0 saturated heterocycles. The maximum Gasteiger partial charge on any atom is 0.342 e.